The van der Waals surface area contributed by atoms with Crippen LogP contribution in [0.2, 0.25) is 0 Å². The number of nitrogens with zero attached hydrogens (tertiary/aromatic N) is 1. The van der Waals surface area contributed by atoms with Gasteiger partial charge in [0.25, 0.3) is 4.84 Å². The number of fused-ring (bicyclic) bond motifs is 3. The number of hydrogen-bond acceptors (Lipinski definition) is 6. The van der Waals surface area contributed by atoms with Crippen molar-refractivity contribution in [3.63, 3.8) is 0 Å². The molecule has 1 saturated carbocycles. The molecule has 4 aromatic carbocycles. The second-order valence-electron chi connectivity index (χ2n) is 18.4. The molecule has 67 heavy (non-hydrogen) atoms. The zero-order valence-electron chi connectivity index (χ0n) is 39.7. The molecule has 11 heteroatoms. The van der Waals surface area contributed by atoms with Gasteiger partial charge in [-0.2, -0.15) is 13.2 Å². The van der Waals surface area contributed by atoms with Crippen LogP contribution in [0.4, 0.5) is 18.9 Å². The van der Waals surface area contributed by atoms with E-state index in [1.807, 2.05) is 6.07 Å². The molecule has 0 radical (unpaired) electrons. The predicted molar refractivity (Wildman–Crippen MR) is 267 cm³/mol. The number of aryl methyl sites for hydroxylation is 1. The largest absolute Gasteiger partial charge is 0.493 e. The summed E-state index contributed by atoms with van der Waals surface area (Å²) in [5, 5.41) is 8.58. The van der Waals surface area contributed by atoms with E-state index in [4.69, 9.17) is 31.2 Å². The van der Waals surface area contributed by atoms with Crippen molar-refractivity contribution in [3.8, 4) is 33.9 Å². The number of carboxylic acid groups (broad SMARTS) is 1. The lowest BCUT2D eigenvalue weighted by molar-refractivity contribution is -0.138. The lowest BCUT2D eigenvalue weighted by atomic mass is 10.0. The second-order valence-corrected chi connectivity index (χ2v) is 18.8. The van der Waals surface area contributed by atoms with E-state index in [9.17, 15) is 18.0 Å². The molecule has 362 valence electrons. The van der Waals surface area contributed by atoms with Crippen molar-refractivity contribution in [2.45, 2.75) is 147 Å². The number of anilines is 1. The van der Waals surface area contributed by atoms with Gasteiger partial charge in [0.2, 0.25) is 0 Å². The van der Waals surface area contributed by atoms with Crippen molar-refractivity contribution >= 4 is 23.9 Å². The Morgan fingerprint density at radius 3 is 2.09 bits per heavy atom. The molecule has 2 N–H and O–H groups in total. The smallest absolute Gasteiger partial charge is 0.416 e. The number of H-pyrrole nitrogens is 1. The summed E-state index contributed by atoms with van der Waals surface area (Å²) in [6, 6.07) is 27.2. The van der Waals surface area contributed by atoms with Gasteiger partial charge in [-0.15, -0.1) is 0 Å². The third kappa shape index (κ3) is 16.3. The molecule has 0 atom stereocenters. The van der Waals surface area contributed by atoms with Crippen molar-refractivity contribution in [2.75, 3.05) is 32.2 Å². The van der Waals surface area contributed by atoms with E-state index in [-0.39, 0.29) is 11.3 Å². The van der Waals surface area contributed by atoms with Crippen LogP contribution in [-0.2, 0) is 30.2 Å². The molecule has 0 spiro atoms. The van der Waals surface area contributed by atoms with Gasteiger partial charge in [0.1, 0.15) is 0 Å². The molecule has 7 rings (SSSR count). The first-order chi connectivity index (χ1) is 32.5. The Morgan fingerprint density at radius 1 is 0.731 bits per heavy atom. The van der Waals surface area contributed by atoms with Gasteiger partial charge in [-0.05, 0) is 108 Å². The molecule has 0 bridgehead atoms. The van der Waals surface area contributed by atoms with Gasteiger partial charge in [0, 0.05) is 37.2 Å². The number of aromatic amines is 1. The highest BCUT2D eigenvalue weighted by Crippen LogP contribution is 2.42. The fourth-order valence-corrected chi connectivity index (χ4v) is 9.57. The summed E-state index contributed by atoms with van der Waals surface area (Å²) in [5.74, 6) is 2.31. The molecule has 5 aromatic rings. The molecule has 0 amide bonds. The number of ether oxygens (including phenoxy) is 2. The number of alkyl halides is 3. The standard InChI is InChI=1S/C36H47NO2.C20H24F3NO3S/c1-38-35-22-21-29(26-36(35)39-2)23-25-37(24-12-8-6-4-3-5-7-9-14-28-19-20-28)34-18-13-17-32-31-16-11-10-15-30(31)27-33(32)34;21-20(22,23)15-10-8-9-14(13-15)18-16(24-19(28)27-18)11-6-4-2-1-3-5-7-12-17(25)26/h10-11,13,15-18,21-22,26,28H,3-9,12,14,19-20,23-25,27H2,1-2H3;8-10,13H,1-7,11-12H2,(H,24,28)(H,25,26). The zero-order chi connectivity index (χ0) is 47.4. The van der Waals surface area contributed by atoms with Gasteiger partial charge in [-0.3, -0.25) is 4.79 Å². The molecule has 2 aliphatic rings. The van der Waals surface area contributed by atoms with Crippen molar-refractivity contribution < 1.29 is 37.0 Å². The van der Waals surface area contributed by atoms with Crippen molar-refractivity contribution in [2.24, 2.45) is 5.92 Å². The van der Waals surface area contributed by atoms with Crippen LogP contribution < -0.4 is 14.4 Å². The lowest BCUT2D eigenvalue weighted by Crippen LogP contribution is -2.28. The molecule has 1 fully saturated rings. The first-order valence-electron chi connectivity index (χ1n) is 24.8. The van der Waals surface area contributed by atoms with Crippen molar-refractivity contribution in [1.29, 1.82) is 0 Å². The summed E-state index contributed by atoms with van der Waals surface area (Å²) in [7, 11) is 3.41. The minimum Gasteiger partial charge on any atom is -0.493 e. The summed E-state index contributed by atoms with van der Waals surface area (Å²) in [6.45, 7) is 2.12. The highest BCUT2D eigenvalue weighted by Gasteiger charge is 2.31. The number of halogens is 3. The highest BCUT2D eigenvalue weighted by atomic mass is 32.1. The molecule has 1 heterocycles. The van der Waals surface area contributed by atoms with Crippen molar-refractivity contribution in [1.82, 2.24) is 4.98 Å². The quantitative estimate of drug-likeness (QED) is 0.0374. The van der Waals surface area contributed by atoms with Gasteiger partial charge >= 0.3 is 12.1 Å². The SMILES string of the molecule is COc1ccc(CCN(CCCCCCCCCCC2CC2)c2cccc3c2Cc2ccccc2-3)cc1OC.O=C(O)CCCCCCCCCc1[nH]c(=S)oc1-c1cccc(C(F)(F)F)c1. The summed E-state index contributed by atoms with van der Waals surface area (Å²) >= 11 is 5.02. The van der Waals surface area contributed by atoms with Crippen LogP contribution >= 0.6 is 12.2 Å². The number of methoxy groups -OCH3 is 2. The van der Waals surface area contributed by atoms with E-state index in [0.29, 0.717) is 29.9 Å². The second kappa shape index (κ2) is 26.5. The number of nitrogens with one attached hydrogen (secondary N) is 1. The van der Waals surface area contributed by atoms with Crippen LogP contribution in [-0.4, -0.2) is 43.4 Å². The molecule has 2 aliphatic carbocycles. The van der Waals surface area contributed by atoms with Gasteiger partial charge < -0.3 is 28.9 Å². The topological polar surface area (TPSA) is 87.9 Å². The molecule has 1 aromatic heterocycles. The number of hydrogen-bond donors (Lipinski definition) is 2. The Bertz CT molecular complexity index is 2350. The Kier molecular flexibility index (Phi) is 20.3. The maximum atomic E-state index is 12.9. The number of aromatic nitrogens is 1. The minimum atomic E-state index is -4.41. The van der Waals surface area contributed by atoms with E-state index in [1.54, 1.807) is 20.3 Å². The molecule has 0 aliphatic heterocycles. The van der Waals surface area contributed by atoms with Crippen LogP contribution in [0.15, 0.2) is 89.3 Å². The third-order valence-electron chi connectivity index (χ3n) is 13.3. The summed E-state index contributed by atoms with van der Waals surface area (Å²) in [6.07, 6.45) is 20.6. The van der Waals surface area contributed by atoms with Crippen LogP contribution in [0.5, 0.6) is 11.5 Å². The number of oxazole rings is 1. The maximum Gasteiger partial charge on any atom is 0.416 e. The summed E-state index contributed by atoms with van der Waals surface area (Å²) < 4.78 is 55.3. The lowest BCUT2D eigenvalue weighted by Gasteiger charge is -2.28. The first-order valence-corrected chi connectivity index (χ1v) is 25.2. The number of unbranched alkanes of at least 4 members (excludes halogenated alkanes) is 13. The number of carboxylic acids is 1. The Morgan fingerprint density at radius 2 is 1.39 bits per heavy atom. The third-order valence-corrected chi connectivity index (χ3v) is 13.4. The van der Waals surface area contributed by atoms with Crippen LogP contribution in [0.25, 0.3) is 22.5 Å². The summed E-state index contributed by atoms with van der Waals surface area (Å²) in [5.41, 5.74) is 8.83. The van der Waals surface area contributed by atoms with Crippen LogP contribution in [0, 0.1) is 10.8 Å². The average Bonchev–Trinajstić information content (AvgIpc) is 3.96. The van der Waals surface area contributed by atoms with Gasteiger partial charge in [0.15, 0.2) is 17.3 Å². The average molecular weight is 941 g/mol. The van der Waals surface area contributed by atoms with Crippen LogP contribution in [0.3, 0.4) is 0 Å². The van der Waals surface area contributed by atoms with E-state index < -0.39 is 17.7 Å². The van der Waals surface area contributed by atoms with E-state index in [2.05, 4.69) is 64.5 Å². The molecule has 0 unspecified atom stereocenters. The number of carbonyl (C=O) groups is 1. The minimum absolute atomic E-state index is 0.154. The summed E-state index contributed by atoms with van der Waals surface area (Å²) in [4.78, 5) is 16.2. The predicted octanol–water partition coefficient (Wildman–Crippen LogP) is 16.0. The van der Waals surface area contributed by atoms with E-state index in [1.165, 1.54) is 110 Å². The van der Waals surface area contributed by atoms with Crippen LogP contribution in [0.1, 0.15) is 150 Å². The fourth-order valence-electron chi connectivity index (χ4n) is 9.36. The Hall–Kier alpha value is -5.03. The Labute approximate surface area is 401 Å². The molecule has 0 saturated heterocycles. The zero-order valence-corrected chi connectivity index (χ0v) is 40.5. The number of aliphatic carboxylic acids is 1. The normalized spacial score (nSPS) is 12.9. The molecular formula is C56H71F3N2O5S. The number of benzene rings is 4. The Balaban J connectivity index is 0.000000234. The molecular weight excluding hydrogens is 870 g/mol. The maximum absolute atomic E-state index is 12.9. The van der Waals surface area contributed by atoms with Gasteiger partial charge in [-0.1, -0.05) is 151 Å². The van der Waals surface area contributed by atoms with E-state index >= 15 is 0 Å². The highest BCUT2D eigenvalue weighted by molar-refractivity contribution is 7.71. The van der Waals surface area contributed by atoms with Gasteiger partial charge in [0.05, 0.1) is 25.5 Å². The van der Waals surface area contributed by atoms with Gasteiger partial charge in [-0.25, -0.2) is 0 Å². The van der Waals surface area contributed by atoms with E-state index in [0.717, 1.165) is 94.0 Å². The number of rotatable bonds is 28. The van der Waals surface area contributed by atoms with Crippen molar-refractivity contribution in [3.05, 3.63) is 118 Å². The monoisotopic (exact) mass is 941 g/mol. The fraction of sp³-hybridized carbons (Fsp3) is 0.500. The molecule has 7 nitrogen and oxygen atoms in total. The first kappa shape index (κ1) is 51.4.